The number of ether oxygens (including phenoxy) is 2. The molecule has 1 N–H and O–H groups in total. The Morgan fingerprint density at radius 2 is 2.33 bits per heavy atom. The number of hydrogen-bond donors (Lipinski definition) is 1. The molecule has 2 heterocycles. The van der Waals surface area contributed by atoms with Gasteiger partial charge in [0, 0.05) is 31.2 Å². The molecule has 1 aliphatic heterocycles. The van der Waals surface area contributed by atoms with Crippen molar-refractivity contribution in [3.8, 4) is 5.75 Å². The SMILES string of the molecule is COc1ccc2c(C3COCCN3)cn(C)c2c1. The Bertz CT molecular complexity index is 556. The first-order chi connectivity index (χ1) is 8.79. The van der Waals surface area contributed by atoms with Crippen LogP contribution < -0.4 is 10.1 Å². The van der Waals surface area contributed by atoms with Crippen LogP contribution in [0.1, 0.15) is 11.6 Å². The number of hydrogen-bond acceptors (Lipinski definition) is 3. The molecule has 1 aliphatic rings. The van der Waals surface area contributed by atoms with Crippen molar-refractivity contribution in [1.82, 2.24) is 9.88 Å². The average molecular weight is 246 g/mol. The molecule has 1 atom stereocenters. The van der Waals surface area contributed by atoms with Gasteiger partial charge in [-0.2, -0.15) is 0 Å². The van der Waals surface area contributed by atoms with Crippen molar-refractivity contribution in [2.24, 2.45) is 7.05 Å². The summed E-state index contributed by atoms with van der Waals surface area (Å²) in [5.41, 5.74) is 2.49. The minimum atomic E-state index is 0.288. The molecule has 1 fully saturated rings. The van der Waals surface area contributed by atoms with Gasteiger partial charge in [-0.3, -0.25) is 0 Å². The van der Waals surface area contributed by atoms with Crippen molar-refractivity contribution in [3.05, 3.63) is 30.0 Å². The fraction of sp³-hybridized carbons (Fsp3) is 0.429. The van der Waals surface area contributed by atoms with E-state index in [0.29, 0.717) is 0 Å². The maximum atomic E-state index is 5.54. The number of rotatable bonds is 2. The summed E-state index contributed by atoms with van der Waals surface area (Å²) in [5, 5.41) is 4.76. The van der Waals surface area contributed by atoms with Crippen LogP contribution in [-0.2, 0) is 11.8 Å². The summed E-state index contributed by atoms with van der Waals surface area (Å²) in [4.78, 5) is 0. The predicted octanol–water partition coefficient (Wildman–Crippen LogP) is 1.85. The van der Waals surface area contributed by atoms with Gasteiger partial charge in [0.25, 0.3) is 0 Å². The molecule has 18 heavy (non-hydrogen) atoms. The summed E-state index contributed by atoms with van der Waals surface area (Å²) in [6.45, 7) is 2.46. The third-order valence-corrected chi connectivity index (χ3v) is 3.53. The van der Waals surface area contributed by atoms with Gasteiger partial charge in [-0.05, 0) is 17.7 Å². The molecule has 0 radical (unpaired) electrons. The third-order valence-electron chi connectivity index (χ3n) is 3.53. The van der Waals surface area contributed by atoms with E-state index >= 15 is 0 Å². The van der Waals surface area contributed by atoms with Crippen LogP contribution in [-0.4, -0.2) is 31.4 Å². The van der Waals surface area contributed by atoms with Crippen LogP contribution in [0.2, 0.25) is 0 Å². The Morgan fingerprint density at radius 3 is 3.06 bits per heavy atom. The lowest BCUT2D eigenvalue weighted by atomic mass is 10.1. The van der Waals surface area contributed by atoms with Crippen molar-refractivity contribution in [2.75, 3.05) is 26.9 Å². The summed E-state index contributed by atoms with van der Waals surface area (Å²) in [5.74, 6) is 0.892. The van der Waals surface area contributed by atoms with E-state index in [1.807, 2.05) is 6.07 Å². The fourth-order valence-corrected chi connectivity index (χ4v) is 2.56. The Morgan fingerprint density at radius 1 is 1.44 bits per heavy atom. The fourth-order valence-electron chi connectivity index (χ4n) is 2.56. The molecule has 1 unspecified atom stereocenters. The van der Waals surface area contributed by atoms with E-state index in [1.165, 1.54) is 16.5 Å². The third kappa shape index (κ3) is 1.87. The van der Waals surface area contributed by atoms with E-state index in [0.717, 1.165) is 25.5 Å². The zero-order chi connectivity index (χ0) is 12.5. The Balaban J connectivity index is 2.07. The number of methoxy groups -OCH3 is 1. The molecule has 0 aliphatic carbocycles. The molecule has 2 aromatic rings. The highest BCUT2D eigenvalue weighted by molar-refractivity contribution is 5.85. The summed E-state index contributed by atoms with van der Waals surface area (Å²) in [6.07, 6.45) is 2.18. The van der Waals surface area contributed by atoms with E-state index in [4.69, 9.17) is 9.47 Å². The highest BCUT2D eigenvalue weighted by atomic mass is 16.5. The molecule has 4 heteroatoms. The monoisotopic (exact) mass is 246 g/mol. The first-order valence-electron chi connectivity index (χ1n) is 6.23. The first-order valence-corrected chi connectivity index (χ1v) is 6.23. The van der Waals surface area contributed by atoms with Gasteiger partial charge in [0.2, 0.25) is 0 Å². The molecule has 1 aromatic carbocycles. The van der Waals surface area contributed by atoms with Gasteiger partial charge in [-0.25, -0.2) is 0 Å². The summed E-state index contributed by atoms with van der Waals surface area (Å²) in [6, 6.07) is 6.49. The molecular weight excluding hydrogens is 228 g/mol. The Kier molecular flexibility index (Phi) is 2.97. The van der Waals surface area contributed by atoms with E-state index < -0.39 is 0 Å². The minimum absolute atomic E-state index is 0.288. The van der Waals surface area contributed by atoms with Gasteiger partial charge in [-0.15, -0.1) is 0 Å². The van der Waals surface area contributed by atoms with Crippen molar-refractivity contribution in [1.29, 1.82) is 0 Å². The standard InChI is InChI=1S/C14H18N2O2/c1-16-8-12(13-9-18-6-5-15-13)11-4-3-10(17-2)7-14(11)16/h3-4,7-8,13,15H,5-6,9H2,1-2H3. The second-order valence-electron chi connectivity index (χ2n) is 4.66. The van der Waals surface area contributed by atoms with E-state index in [-0.39, 0.29) is 6.04 Å². The van der Waals surface area contributed by atoms with Gasteiger partial charge >= 0.3 is 0 Å². The summed E-state index contributed by atoms with van der Waals surface area (Å²) in [7, 11) is 3.76. The van der Waals surface area contributed by atoms with E-state index in [1.54, 1.807) is 7.11 Å². The topological polar surface area (TPSA) is 35.4 Å². The van der Waals surface area contributed by atoms with Crippen molar-refractivity contribution in [2.45, 2.75) is 6.04 Å². The number of morpholine rings is 1. The molecule has 1 aromatic heterocycles. The predicted molar refractivity (Wildman–Crippen MR) is 71.0 cm³/mol. The smallest absolute Gasteiger partial charge is 0.120 e. The van der Waals surface area contributed by atoms with Crippen LogP contribution >= 0.6 is 0 Å². The Hall–Kier alpha value is -1.52. The minimum Gasteiger partial charge on any atom is -0.497 e. The van der Waals surface area contributed by atoms with Gasteiger partial charge in [0.05, 0.1) is 31.9 Å². The van der Waals surface area contributed by atoms with Gasteiger partial charge < -0.3 is 19.4 Å². The normalized spacial score (nSPS) is 20.2. The average Bonchev–Trinajstić information content (AvgIpc) is 2.77. The molecule has 1 saturated heterocycles. The maximum Gasteiger partial charge on any atom is 0.120 e. The molecule has 0 amide bonds. The second kappa shape index (κ2) is 4.63. The Labute approximate surface area is 106 Å². The van der Waals surface area contributed by atoms with Crippen LogP contribution in [0.4, 0.5) is 0 Å². The van der Waals surface area contributed by atoms with E-state index in [9.17, 15) is 0 Å². The second-order valence-corrected chi connectivity index (χ2v) is 4.66. The van der Waals surface area contributed by atoms with E-state index in [2.05, 4.69) is 35.3 Å². The lowest BCUT2D eigenvalue weighted by Gasteiger charge is -2.23. The lowest BCUT2D eigenvalue weighted by Crippen LogP contribution is -2.34. The highest BCUT2D eigenvalue weighted by Gasteiger charge is 2.19. The summed E-state index contributed by atoms with van der Waals surface area (Å²) < 4.78 is 13.0. The zero-order valence-corrected chi connectivity index (χ0v) is 10.8. The number of fused-ring (bicyclic) bond motifs is 1. The van der Waals surface area contributed by atoms with Gasteiger partial charge in [0.1, 0.15) is 5.75 Å². The van der Waals surface area contributed by atoms with Crippen LogP contribution in [0.15, 0.2) is 24.4 Å². The number of nitrogens with one attached hydrogen (secondary N) is 1. The van der Waals surface area contributed by atoms with Crippen LogP contribution in [0.5, 0.6) is 5.75 Å². The molecular formula is C14H18N2O2. The van der Waals surface area contributed by atoms with Crippen LogP contribution in [0.25, 0.3) is 10.9 Å². The first kappa shape index (κ1) is 11.6. The highest BCUT2D eigenvalue weighted by Crippen LogP contribution is 2.29. The van der Waals surface area contributed by atoms with Crippen molar-refractivity contribution >= 4 is 10.9 Å². The van der Waals surface area contributed by atoms with Crippen molar-refractivity contribution < 1.29 is 9.47 Å². The van der Waals surface area contributed by atoms with Crippen LogP contribution in [0, 0.1) is 0 Å². The van der Waals surface area contributed by atoms with Crippen LogP contribution in [0.3, 0.4) is 0 Å². The number of aromatic nitrogens is 1. The largest absolute Gasteiger partial charge is 0.497 e. The number of aryl methyl sites for hydroxylation is 1. The van der Waals surface area contributed by atoms with Gasteiger partial charge in [0.15, 0.2) is 0 Å². The lowest BCUT2D eigenvalue weighted by molar-refractivity contribution is 0.0772. The zero-order valence-electron chi connectivity index (χ0n) is 10.8. The summed E-state index contributed by atoms with van der Waals surface area (Å²) >= 11 is 0. The maximum absolute atomic E-state index is 5.54. The van der Waals surface area contributed by atoms with Crippen molar-refractivity contribution in [3.63, 3.8) is 0 Å². The molecule has 4 nitrogen and oxygen atoms in total. The molecule has 3 rings (SSSR count). The molecule has 0 spiro atoms. The number of benzene rings is 1. The quantitative estimate of drug-likeness (QED) is 0.878. The molecule has 96 valence electrons. The number of nitrogens with zero attached hydrogens (tertiary/aromatic N) is 1. The molecule has 0 saturated carbocycles. The van der Waals surface area contributed by atoms with Gasteiger partial charge in [-0.1, -0.05) is 0 Å². The molecule has 0 bridgehead atoms.